The predicted molar refractivity (Wildman–Crippen MR) is 68.1 cm³/mol. The molecule has 0 saturated heterocycles. The monoisotopic (exact) mass is 256 g/mol. The van der Waals surface area contributed by atoms with E-state index in [-0.39, 0.29) is 17.4 Å². The molecule has 1 aliphatic rings. The lowest BCUT2D eigenvalue weighted by molar-refractivity contribution is 0.0971. The number of fused-ring (bicyclic) bond motifs is 1. The SMILES string of the molecule is O=C1CCCN(C(=O)c2cn[nH]n2)c2ccccc21. The lowest BCUT2D eigenvalue weighted by Crippen LogP contribution is -2.32. The van der Waals surface area contributed by atoms with E-state index in [1.807, 2.05) is 6.07 Å². The minimum Gasteiger partial charge on any atom is -0.306 e. The Morgan fingerprint density at radius 2 is 2.16 bits per heavy atom. The van der Waals surface area contributed by atoms with Gasteiger partial charge in [0.05, 0.1) is 11.9 Å². The van der Waals surface area contributed by atoms with Crippen molar-refractivity contribution >= 4 is 17.4 Å². The van der Waals surface area contributed by atoms with E-state index in [2.05, 4.69) is 15.4 Å². The third-order valence-electron chi connectivity index (χ3n) is 3.16. The molecular weight excluding hydrogens is 244 g/mol. The Morgan fingerprint density at radius 3 is 2.95 bits per heavy atom. The van der Waals surface area contributed by atoms with Crippen LogP contribution in [0, 0.1) is 0 Å². The van der Waals surface area contributed by atoms with Crippen LogP contribution in [-0.2, 0) is 0 Å². The highest BCUT2D eigenvalue weighted by molar-refractivity contribution is 6.10. The normalized spacial score (nSPS) is 14.9. The third kappa shape index (κ3) is 2.01. The summed E-state index contributed by atoms with van der Waals surface area (Å²) in [6.45, 7) is 0.508. The second-order valence-electron chi connectivity index (χ2n) is 4.36. The number of hydrogen-bond acceptors (Lipinski definition) is 4. The summed E-state index contributed by atoms with van der Waals surface area (Å²) in [5.41, 5.74) is 1.50. The van der Waals surface area contributed by atoms with Crippen molar-refractivity contribution in [1.82, 2.24) is 15.4 Å². The van der Waals surface area contributed by atoms with Gasteiger partial charge in [-0.2, -0.15) is 15.4 Å². The first-order valence-corrected chi connectivity index (χ1v) is 6.07. The van der Waals surface area contributed by atoms with E-state index in [9.17, 15) is 9.59 Å². The topological polar surface area (TPSA) is 79.0 Å². The van der Waals surface area contributed by atoms with Crippen molar-refractivity contribution < 1.29 is 9.59 Å². The molecular formula is C13H12N4O2. The zero-order chi connectivity index (χ0) is 13.2. The van der Waals surface area contributed by atoms with Gasteiger partial charge in [-0.25, -0.2) is 0 Å². The molecule has 19 heavy (non-hydrogen) atoms. The number of rotatable bonds is 1. The maximum absolute atomic E-state index is 12.4. The third-order valence-corrected chi connectivity index (χ3v) is 3.16. The van der Waals surface area contributed by atoms with Crippen LogP contribution in [0.25, 0.3) is 0 Å². The molecule has 1 N–H and O–H groups in total. The summed E-state index contributed by atoms with van der Waals surface area (Å²) in [5.74, 6) is -0.165. The van der Waals surface area contributed by atoms with Gasteiger partial charge in [0, 0.05) is 18.5 Å². The van der Waals surface area contributed by atoms with E-state index in [1.165, 1.54) is 6.20 Å². The largest absolute Gasteiger partial charge is 0.306 e. The van der Waals surface area contributed by atoms with Crippen LogP contribution in [0.5, 0.6) is 0 Å². The van der Waals surface area contributed by atoms with Crippen molar-refractivity contribution in [3.63, 3.8) is 0 Å². The van der Waals surface area contributed by atoms with Gasteiger partial charge in [0.25, 0.3) is 5.91 Å². The zero-order valence-electron chi connectivity index (χ0n) is 10.2. The van der Waals surface area contributed by atoms with E-state index in [4.69, 9.17) is 0 Å². The Labute approximate surface area is 109 Å². The molecule has 1 aromatic heterocycles. The molecule has 1 aromatic carbocycles. The second kappa shape index (κ2) is 4.64. The van der Waals surface area contributed by atoms with E-state index in [0.29, 0.717) is 30.6 Å². The number of ketones is 1. The maximum atomic E-state index is 12.4. The van der Waals surface area contributed by atoms with Gasteiger partial charge in [-0.3, -0.25) is 9.59 Å². The van der Waals surface area contributed by atoms with Gasteiger partial charge in [-0.05, 0) is 18.6 Å². The van der Waals surface area contributed by atoms with Gasteiger partial charge < -0.3 is 4.90 Å². The summed E-state index contributed by atoms with van der Waals surface area (Å²) in [6.07, 6.45) is 2.49. The van der Waals surface area contributed by atoms with Crippen molar-refractivity contribution in [3.8, 4) is 0 Å². The zero-order valence-corrected chi connectivity index (χ0v) is 10.2. The molecule has 0 fully saturated rings. The number of aromatic nitrogens is 3. The van der Waals surface area contributed by atoms with Crippen molar-refractivity contribution in [1.29, 1.82) is 0 Å². The lowest BCUT2D eigenvalue weighted by Gasteiger charge is -2.21. The van der Waals surface area contributed by atoms with Crippen LogP contribution in [0.4, 0.5) is 5.69 Å². The molecule has 0 spiro atoms. The van der Waals surface area contributed by atoms with Gasteiger partial charge in [-0.15, -0.1) is 0 Å². The van der Waals surface area contributed by atoms with E-state index >= 15 is 0 Å². The van der Waals surface area contributed by atoms with Crippen LogP contribution in [0.3, 0.4) is 0 Å². The second-order valence-corrected chi connectivity index (χ2v) is 4.36. The van der Waals surface area contributed by atoms with Crippen molar-refractivity contribution in [3.05, 3.63) is 41.7 Å². The summed E-state index contributed by atoms with van der Waals surface area (Å²) < 4.78 is 0. The Morgan fingerprint density at radius 1 is 1.32 bits per heavy atom. The van der Waals surface area contributed by atoms with Gasteiger partial charge in [0.15, 0.2) is 11.5 Å². The average Bonchev–Trinajstić information content (AvgIpc) is 2.91. The summed E-state index contributed by atoms with van der Waals surface area (Å²) in [5, 5.41) is 9.87. The standard InChI is InChI=1S/C13H12N4O2/c18-12-6-3-7-17(11-5-2-1-4-9(11)12)13(19)10-8-14-16-15-10/h1-2,4-5,8H,3,6-7H2,(H,14,15,16). The Balaban J connectivity index is 2.04. The number of carbonyl (C=O) groups is 2. The number of H-pyrrole nitrogens is 1. The average molecular weight is 256 g/mol. The number of carbonyl (C=O) groups excluding carboxylic acids is 2. The number of hydrogen-bond donors (Lipinski definition) is 1. The molecule has 96 valence electrons. The van der Waals surface area contributed by atoms with Crippen molar-refractivity contribution in [2.45, 2.75) is 12.8 Å². The van der Waals surface area contributed by atoms with Gasteiger partial charge >= 0.3 is 0 Å². The van der Waals surface area contributed by atoms with Gasteiger partial charge in [0.2, 0.25) is 0 Å². The smallest absolute Gasteiger partial charge is 0.280 e. The lowest BCUT2D eigenvalue weighted by atomic mass is 10.1. The predicted octanol–water partition coefficient (Wildman–Crippen LogP) is 1.43. The quantitative estimate of drug-likeness (QED) is 0.837. The fourth-order valence-electron chi connectivity index (χ4n) is 2.25. The molecule has 0 aliphatic carbocycles. The number of amides is 1. The summed E-state index contributed by atoms with van der Waals surface area (Å²) >= 11 is 0. The molecule has 0 saturated carbocycles. The van der Waals surface area contributed by atoms with Crippen LogP contribution in [0.2, 0.25) is 0 Å². The fourth-order valence-corrected chi connectivity index (χ4v) is 2.25. The van der Waals surface area contributed by atoms with Gasteiger partial charge in [-0.1, -0.05) is 12.1 Å². The fraction of sp³-hybridized carbons (Fsp3) is 0.231. The van der Waals surface area contributed by atoms with Crippen LogP contribution in [-0.4, -0.2) is 33.6 Å². The molecule has 1 aliphatic heterocycles. The summed E-state index contributed by atoms with van der Waals surface area (Å²) in [4.78, 5) is 26.0. The molecule has 3 rings (SSSR count). The summed E-state index contributed by atoms with van der Waals surface area (Å²) in [6, 6.07) is 7.17. The van der Waals surface area contributed by atoms with Crippen molar-refractivity contribution in [2.75, 3.05) is 11.4 Å². The molecule has 6 nitrogen and oxygen atoms in total. The molecule has 0 radical (unpaired) electrons. The number of benzene rings is 1. The van der Waals surface area contributed by atoms with E-state index < -0.39 is 0 Å². The minimum absolute atomic E-state index is 0.0750. The number of aromatic amines is 1. The number of Topliss-reactive ketones (excluding diaryl/α,β-unsaturated/α-hetero) is 1. The first-order chi connectivity index (χ1) is 9.27. The molecule has 2 heterocycles. The highest BCUT2D eigenvalue weighted by atomic mass is 16.2. The number of para-hydroxylation sites is 1. The molecule has 0 atom stereocenters. The molecule has 0 bridgehead atoms. The van der Waals surface area contributed by atoms with Crippen LogP contribution >= 0.6 is 0 Å². The molecule has 1 amide bonds. The Bertz CT molecular complexity index is 621. The minimum atomic E-state index is -0.240. The number of anilines is 1. The number of nitrogens with one attached hydrogen (secondary N) is 1. The van der Waals surface area contributed by atoms with Crippen molar-refractivity contribution in [2.24, 2.45) is 0 Å². The first-order valence-electron chi connectivity index (χ1n) is 6.07. The summed E-state index contributed by atoms with van der Waals surface area (Å²) in [7, 11) is 0. The highest BCUT2D eigenvalue weighted by Gasteiger charge is 2.26. The van der Waals surface area contributed by atoms with Crippen LogP contribution < -0.4 is 4.90 Å². The van der Waals surface area contributed by atoms with Crippen LogP contribution in [0.1, 0.15) is 33.7 Å². The Kier molecular flexibility index (Phi) is 2.83. The molecule has 0 unspecified atom stereocenters. The van der Waals surface area contributed by atoms with Gasteiger partial charge in [0.1, 0.15) is 0 Å². The Hall–Kier alpha value is -2.50. The first kappa shape index (κ1) is 11.6. The van der Waals surface area contributed by atoms with E-state index in [1.54, 1.807) is 23.1 Å². The number of nitrogens with zero attached hydrogens (tertiary/aromatic N) is 3. The molecule has 6 heteroatoms. The molecule has 2 aromatic rings. The highest BCUT2D eigenvalue weighted by Crippen LogP contribution is 2.27. The maximum Gasteiger partial charge on any atom is 0.280 e. The van der Waals surface area contributed by atoms with E-state index in [0.717, 1.165) is 0 Å². The van der Waals surface area contributed by atoms with Crippen LogP contribution in [0.15, 0.2) is 30.5 Å².